The largest absolute Gasteiger partial charge is 0.441 e. The van der Waals surface area contributed by atoms with Crippen LogP contribution in [0, 0.1) is 6.92 Å². The van der Waals surface area contributed by atoms with E-state index >= 15 is 0 Å². The smallest absolute Gasteiger partial charge is 0.192 e. The van der Waals surface area contributed by atoms with Crippen molar-refractivity contribution in [1.82, 2.24) is 4.98 Å². The molecule has 0 aliphatic rings. The van der Waals surface area contributed by atoms with Crippen LogP contribution >= 0.6 is 0 Å². The van der Waals surface area contributed by atoms with Gasteiger partial charge in [-0.05, 0) is 17.7 Å². The molecule has 2 aromatic rings. The minimum Gasteiger partial charge on any atom is -0.441 e. The molecule has 0 aliphatic carbocycles. The van der Waals surface area contributed by atoms with Crippen LogP contribution in [0.4, 0.5) is 0 Å². The number of hydrogen-bond donors (Lipinski definition) is 2. The van der Waals surface area contributed by atoms with Gasteiger partial charge in [0, 0.05) is 13.5 Å². The van der Waals surface area contributed by atoms with Gasteiger partial charge in [-0.2, -0.15) is 0 Å². The number of aromatic nitrogens is 1. The van der Waals surface area contributed by atoms with Crippen molar-refractivity contribution in [2.75, 3.05) is 6.54 Å². The lowest BCUT2D eigenvalue weighted by atomic mass is 10.1. The van der Waals surface area contributed by atoms with Crippen molar-refractivity contribution in [3.05, 3.63) is 29.7 Å². The van der Waals surface area contributed by atoms with Crippen LogP contribution in [0.3, 0.4) is 0 Å². The van der Waals surface area contributed by atoms with Gasteiger partial charge in [0.1, 0.15) is 5.52 Å². The fraction of sp³-hybridized carbons (Fsp3) is 0.300. The number of hydrogen-bond acceptors (Lipinski definition) is 4. The molecule has 0 saturated carbocycles. The van der Waals surface area contributed by atoms with Gasteiger partial charge in [0.2, 0.25) is 0 Å². The molecule has 4 heteroatoms. The predicted molar refractivity (Wildman–Crippen MR) is 52.8 cm³/mol. The van der Waals surface area contributed by atoms with Gasteiger partial charge in [-0.15, -0.1) is 0 Å². The third kappa shape index (κ3) is 1.49. The molecule has 4 nitrogen and oxygen atoms in total. The Morgan fingerprint density at radius 1 is 1.57 bits per heavy atom. The number of oxazole rings is 1. The number of nitrogens with zero attached hydrogens (tertiary/aromatic N) is 1. The summed E-state index contributed by atoms with van der Waals surface area (Å²) < 4.78 is 5.34. The van der Waals surface area contributed by atoms with Gasteiger partial charge in [0.15, 0.2) is 11.5 Å². The predicted octanol–water partition coefficient (Wildman–Crippen LogP) is 1.13. The van der Waals surface area contributed by atoms with Crippen LogP contribution in [0.15, 0.2) is 22.6 Å². The summed E-state index contributed by atoms with van der Waals surface area (Å²) >= 11 is 0. The summed E-state index contributed by atoms with van der Waals surface area (Å²) in [6, 6.07) is 5.40. The molecule has 1 aromatic heterocycles. The molecule has 0 spiro atoms. The van der Waals surface area contributed by atoms with Crippen molar-refractivity contribution >= 4 is 11.1 Å². The molecular weight excluding hydrogens is 180 g/mol. The Morgan fingerprint density at radius 3 is 3.07 bits per heavy atom. The highest BCUT2D eigenvalue weighted by Crippen LogP contribution is 2.20. The standard InChI is InChI=1S/C10H12N2O2/c1-6-12-8-3-2-7(9(13)5-11)4-10(8)14-6/h2-4,9,13H,5,11H2,1H3. The number of aliphatic hydroxyl groups is 1. The maximum atomic E-state index is 9.51. The van der Waals surface area contributed by atoms with Crippen LogP contribution in [-0.4, -0.2) is 16.6 Å². The molecule has 1 heterocycles. The Morgan fingerprint density at radius 2 is 2.36 bits per heavy atom. The van der Waals surface area contributed by atoms with E-state index in [1.807, 2.05) is 12.1 Å². The molecule has 1 aromatic carbocycles. The van der Waals surface area contributed by atoms with E-state index in [9.17, 15) is 5.11 Å². The molecule has 0 radical (unpaired) electrons. The Kier molecular flexibility index (Phi) is 2.23. The third-order valence-electron chi connectivity index (χ3n) is 2.13. The number of fused-ring (bicyclic) bond motifs is 1. The van der Waals surface area contributed by atoms with E-state index in [0.29, 0.717) is 11.5 Å². The molecule has 3 N–H and O–H groups in total. The van der Waals surface area contributed by atoms with Crippen LogP contribution in [-0.2, 0) is 0 Å². The number of aryl methyl sites for hydroxylation is 1. The van der Waals surface area contributed by atoms with Crippen LogP contribution in [0.5, 0.6) is 0 Å². The van der Waals surface area contributed by atoms with Gasteiger partial charge >= 0.3 is 0 Å². The first kappa shape index (κ1) is 9.18. The first-order chi connectivity index (χ1) is 6.70. The topological polar surface area (TPSA) is 72.3 Å². The van der Waals surface area contributed by atoms with E-state index in [-0.39, 0.29) is 6.54 Å². The lowest BCUT2D eigenvalue weighted by Gasteiger charge is -2.06. The summed E-state index contributed by atoms with van der Waals surface area (Å²) in [5.41, 5.74) is 7.61. The van der Waals surface area contributed by atoms with E-state index in [1.165, 1.54) is 0 Å². The maximum absolute atomic E-state index is 9.51. The molecular formula is C10H12N2O2. The SMILES string of the molecule is Cc1nc2ccc(C(O)CN)cc2o1. The van der Waals surface area contributed by atoms with Gasteiger partial charge in [0.25, 0.3) is 0 Å². The zero-order chi connectivity index (χ0) is 10.1. The van der Waals surface area contributed by atoms with Gasteiger partial charge in [0.05, 0.1) is 6.10 Å². The Balaban J connectivity index is 2.50. The molecule has 0 fully saturated rings. The summed E-state index contributed by atoms with van der Waals surface area (Å²) in [5.74, 6) is 0.624. The molecule has 1 unspecified atom stereocenters. The summed E-state index contributed by atoms with van der Waals surface area (Å²) in [4.78, 5) is 4.16. The van der Waals surface area contributed by atoms with E-state index in [4.69, 9.17) is 10.2 Å². The summed E-state index contributed by atoms with van der Waals surface area (Å²) in [7, 11) is 0. The zero-order valence-electron chi connectivity index (χ0n) is 7.90. The second kappa shape index (κ2) is 3.40. The second-order valence-electron chi connectivity index (χ2n) is 3.21. The Hall–Kier alpha value is -1.39. The van der Waals surface area contributed by atoms with Crippen molar-refractivity contribution in [1.29, 1.82) is 0 Å². The van der Waals surface area contributed by atoms with E-state index in [0.717, 1.165) is 11.1 Å². The Labute approximate surface area is 81.4 Å². The van der Waals surface area contributed by atoms with E-state index in [2.05, 4.69) is 4.98 Å². The van der Waals surface area contributed by atoms with Crippen LogP contribution < -0.4 is 5.73 Å². The summed E-state index contributed by atoms with van der Waals surface area (Å²) in [6.45, 7) is 2.00. The van der Waals surface area contributed by atoms with Gasteiger partial charge in [-0.25, -0.2) is 4.98 Å². The molecule has 74 valence electrons. The fourth-order valence-electron chi connectivity index (χ4n) is 1.40. The average molecular weight is 192 g/mol. The molecule has 1 atom stereocenters. The quantitative estimate of drug-likeness (QED) is 0.748. The van der Waals surface area contributed by atoms with Crippen molar-refractivity contribution < 1.29 is 9.52 Å². The lowest BCUT2D eigenvalue weighted by Crippen LogP contribution is -2.11. The van der Waals surface area contributed by atoms with E-state index < -0.39 is 6.10 Å². The molecule has 0 amide bonds. The molecule has 0 saturated heterocycles. The third-order valence-corrected chi connectivity index (χ3v) is 2.13. The first-order valence-electron chi connectivity index (χ1n) is 4.46. The highest BCUT2D eigenvalue weighted by Gasteiger charge is 2.08. The zero-order valence-corrected chi connectivity index (χ0v) is 7.90. The van der Waals surface area contributed by atoms with E-state index in [1.54, 1.807) is 13.0 Å². The van der Waals surface area contributed by atoms with Crippen molar-refractivity contribution in [3.8, 4) is 0 Å². The monoisotopic (exact) mass is 192 g/mol. The van der Waals surface area contributed by atoms with Crippen LogP contribution in [0.25, 0.3) is 11.1 Å². The summed E-state index contributed by atoms with van der Waals surface area (Å²) in [6.07, 6.45) is -0.634. The minimum absolute atomic E-state index is 0.207. The number of rotatable bonds is 2. The van der Waals surface area contributed by atoms with Crippen molar-refractivity contribution in [2.45, 2.75) is 13.0 Å². The number of benzene rings is 1. The second-order valence-corrected chi connectivity index (χ2v) is 3.21. The van der Waals surface area contributed by atoms with Gasteiger partial charge in [-0.1, -0.05) is 6.07 Å². The maximum Gasteiger partial charge on any atom is 0.192 e. The normalized spacial score (nSPS) is 13.4. The highest BCUT2D eigenvalue weighted by molar-refractivity contribution is 5.73. The average Bonchev–Trinajstić information content (AvgIpc) is 2.55. The number of aliphatic hydroxyl groups excluding tert-OH is 1. The van der Waals surface area contributed by atoms with Crippen LogP contribution in [0.2, 0.25) is 0 Å². The lowest BCUT2D eigenvalue weighted by molar-refractivity contribution is 0.187. The molecule has 0 aliphatic heterocycles. The fourth-order valence-corrected chi connectivity index (χ4v) is 1.40. The summed E-state index contributed by atoms with van der Waals surface area (Å²) in [5, 5.41) is 9.51. The Bertz CT molecular complexity index is 450. The minimum atomic E-state index is -0.634. The van der Waals surface area contributed by atoms with Crippen LogP contribution in [0.1, 0.15) is 17.6 Å². The van der Waals surface area contributed by atoms with Crippen molar-refractivity contribution in [2.24, 2.45) is 5.73 Å². The number of nitrogens with two attached hydrogens (primary N) is 1. The molecule has 0 bridgehead atoms. The van der Waals surface area contributed by atoms with Gasteiger partial charge < -0.3 is 15.3 Å². The van der Waals surface area contributed by atoms with Gasteiger partial charge in [-0.3, -0.25) is 0 Å². The molecule has 14 heavy (non-hydrogen) atoms. The molecule has 2 rings (SSSR count). The van der Waals surface area contributed by atoms with Crippen molar-refractivity contribution in [3.63, 3.8) is 0 Å². The first-order valence-corrected chi connectivity index (χ1v) is 4.46. The highest BCUT2D eigenvalue weighted by atomic mass is 16.3.